The molecule has 2 aliphatic rings. The molecule has 2 aliphatic heterocycles. The Hall–Kier alpha value is -2.02. The number of nitrogens with zero attached hydrogens (tertiary/aromatic N) is 2. The molecule has 1 amide bonds. The summed E-state index contributed by atoms with van der Waals surface area (Å²) in [6, 6.07) is 11.2. The van der Waals surface area contributed by atoms with Crippen LogP contribution in [0.15, 0.2) is 42.5 Å². The van der Waals surface area contributed by atoms with Crippen LogP contribution < -0.4 is 9.64 Å². The number of carbonyl (C=O) groups excluding carboxylic acids is 1. The molecule has 3 aromatic rings. The average molecular weight is 610 g/mol. The number of anilines is 2. The fraction of sp³-hybridized carbons (Fsp3) is 0.367. The van der Waals surface area contributed by atoms with E-state index >= 15 is 0 Å². The minimum atomic E-state index is -0.424. The fourth-order valence-electron chi connectivity index (χ4n) is 5.42. The fourth-order valence-corrected chi connectivity index (χ4v) is 6.67. The Morgan fingerprint density at radius 3 is 2.15 bits per heavy atom. The van der Waals surface area contributed by atoms with Crippen LogP contribution in [0.2, 0.25) is 20.1 Å². The molecule has 0 aliphatic carbocycles. The van der Waals surface area contributed by atoms with Crippen molar-refractivity contribution in [3.8, 4) is 16.9 Å². The van der Waals surface area contributed by atoms with Crippen molar-refractivity contribution in [3.63, 3.8) is 0 Å². The van der Waals surface area contributed by atoms with Crippen LogP contribution in [0.25, 0.3) is 11.1 Å². The largest absolute Gasteiger partial charge is 0.490 e. The van der Waals surface area contributed by atoms with Gasteiger partial charge in [0.25, 0.3) is 0 Å². The van der Waals surface area contributed by atoms with Gasteiger partial charge in [0.15, 0.2) is 0 Å². The number of halogens is 5. The smallest absolute Gasteiger partial charge is 0.231 e. The van der Waals surface area contributed by atoms with Crippen molar-refractivity contribution in [2.24, 2.45) is 0 Å². The summed E-state index contributed by atoms with van der Waals surface area (Å²) in [5.41, 5.74) is 3.38. The van der Waals surface area contributed by atoms with Crippen molar-refractivity contribution >= 4 is 63.7 Å². The second kappa shape index (κ2) is 11.1. The minimum absolute atomic E-state index is 0.00800. The third-order valence-corrected chi connectivity index (χ3v) is 8.51. The van der Waals surface area contributed by atoms with Gasteiger partial charge in [0.05, 0.1) is 26.4 Å². The van der Waals surface area contributed by atoms with Crippen LogP contribution in [0, 0.1) is 5.82 Å². The van der Waals surface area contributed by atoms with E-state index in [2.05, 4.69) is 25.7 Å². The molecule has 3 aromatic carbocycles. The summed E-state index contributed by atoms with van der Waals surface area (Å²) in [5, 5.41) is 1.17. The molecule has 0 saturated carbocycles. The van der Waals surface area contributed by atoms with Crippen molar-refractivity contribution in [3.05, 3.63) is 73.9 Å². The molecule has 0 bridgehead atoms. The highest BCUT2D eigenvalue weighted by molar-refractivity contribution is 6.43. The van der Waals surface area contributed by atoms with Crippen molar-refractivity contribution in [1.29, 1.82) is 0 Å². The van der Waals surface area contributed by atoms with Gasteiger partial charge in [0.2, 0.25) is 5.91 Å². The van der Waals surface area contributed by atoms with E-state index in [1.54, 1.807) is 18.2 Å². The summed E-state index contributed by atoms with van der Waals surface area (Å²) in [4.78, 5) is 17.4. The van der Waals surface area contributed by atoms with Gasteiger partial charge in [-0.15, -0.1) is 0 Å². The Morgan fingerprint density at radius 2 is 1.54 bits per heavy atom. The number of piperidine rings is 1. The van der Waals surface area contributed by atoms with Gasteiger partial charge in [-0.3, -0.25) is 14.6 Å². The lowest BCUT2D eigenvalue weighted by molar-refractivity contribution is -0.118. The Bertz CT molecular complexity index is 1410. The second-order valence-electron chi connectivity index (χ2n) is 11.0. The molecule has 0 radical (unpaired) electrons. The maximum absolute atomic E-state index is 14.0. The summed E-state index contributed by atoms with van der Waals surface area (Å²) in [7, 11) is 0. The van der Waals surface area contributed by atoms with Gasteiger partial charge in [-0.1, -0.05) is 46.4 Å². The number of ether oxygens (including phenoxy) is 1. The molecular weight excluding hydrogens is 581 g/mol. The molecule has 5 rings (SSSR count). The van der Waals surface area contributed by atoms with Gasteiger partial charge in [-0.05, 0) is 87.6 Å². The van der Waals surface area contributed by atoms with Crippen LogP contribution in [0.4, 0.5) is 15.8 Å². The first-order valence-electron chi connectivity index (χ1n) is 12.9. The van der Waals surface area contributed by atoms with E-state index in [1.165, 1.54) is 17.0 Å². The molecule has 0 aromatic heterocycles. The lowest BCUT2D eigenvalue weighted by Crippen LogP contribution is -2.48. The van der Waals surface area contributed by atoms with Crippen LogP contribution in [0.5, 0.6) is 5.75 Å². The molecule has 0 atom stereocenters. The molecule has 0 unspecified atom stereocenters. The van der Waals surface area contributed by atoms with Gasteiger partial charge in [-0.2, -0.15) is 0 Å². The van der Waals surface area contributed by atoms with E-state index in [1.807, 2.05) is 12.1 Å². The highest BCUT2D eigenvalue weighted by Crippen LogP contribution is 2.48. The normalized spacial score (nSPS) is 16.9. The summed E-state index contributed by atoms with van der Waals surface area (Å²) in [6.45, 7) is 8.51. The van der Waals surface area contributed by atoms with E-state index in [0.717, 1.165) is 37.1 Å². The van der Waals surface area contributed by atoms with Gasteiger partial charge in [0.1, 0.15) is 17.7 Å². The molecule has 1 fully saturated rings. The zero-order valence-electron chi connectivity index (χ0n) is 22.0. The third kappa shape index (κ3) is 5.89. The number of benzene rings is 3. The van der Waals surface area contributed by atoms with Gasteiger partial charge in [0, 0.05) is 41.7 Å². The standard InChI is InChI=1S/C30H29Cl4FN2O2/c1-30(2,3)36-10-8-19(9-11-36)39-20-15-23(21-5-4-18(35)14-24(21)32)22-6-7-28(38)37(27(22)16-20)29-25(33)12-17(31)13-26(29)34/h4-5,12-16,19H,6-11H2,1-3H3. The van der Waals surface area contributed by atoms with E-state index in [4.69, 9.17) is 51.1 Å². The first-order valence-corrected chi connectivity index (χ1v) is 14.4. The SMILES string of the molecule is CC(C)(C)N1CCC(Oc2cc(-c3ccc(F)cc3Cl)c3c(c2)N(c2c(Cl)cc(Cl)cc2Cl)C(=O)CC3)CC1. The molecule has 1 saturated heterocycles. The highest BCUT2D eigenvalue weighted by Gasteiger charge is 2.33. The maximum Gasteiger partial charge on any atom is 0.231 e. The monoisotopic (exact) mass is 608 g/mol. The summed E-state index contributed by atoms with van der Waals surface area (Å²) in [6.07, 6.45) is 2.46. The zero-order valence-corrected chi connectivity index (χ0v) is 25.0. The molecule has 206 valence electrons. The minimum Gasteiger partial charge on any atom is -0.490 e. The predicted octanol–water partition coefficient (Wildman–Crippen LogP) is 9.36. The number of likely N-dealkylation sites (tertiary alicyclic amines) is 1. The van der Waals surface area contributed by atoms with E-state index in [9.17, 15) is 9.18 Å². The Morgan fingerprint density at radius 1 is 0.872 bits per heavy atom. The van der Waals surface area contributed by atoms with Crippen LogP contribution in [0.1, 0.15) is 45.6 Å². The van der Waals surface area contributed by atoms with Gasteiger partial charge in [-0.25, -0.2) is 4.39 Å². The highest BCUT2D eigenvalue weighted by atomic mass is 35.5. The quantitative estimate of drug-likeness (QED) is 0.295. The molecule has 0 N–H and O–H groups in total. The van der Waals surface area contributed by atoms with Crippen LogP contribution in [0.3, 0.4) is 0 Å². The molecule has 4 nitrogen and oxygen atoms in total. The number of hydrogen-bond acceptors (Lipinski definition) is 3. The first kappa shape index (κ1) is 28.5. The molecule has 39 heavy (non-hydrogen) atoms. The lowest BCUT2D eigenvalue weighted by atomic mass is 9.91. The van der Waals surface area contributed by atoms with Crippen LogP contribution in [-0.2, 0) is 11.2 Å². The second-order valence-corrected chi connectivity index (χ2v) is 12.7. The Labute approximate surface area is 248 Å². The number of rotatable bonds is 4. The van der Waals surface area contributed by atoms with Crippen LogP contribution >= 0.6 is 46.4 Å². The summed E-state index contributed by atoms with van der Waals surface area (Å²) in [5.74, 6) is 0.0202. The number of carbonyl (C=O) groups is 1. The van der Waals surface area contributed by atoms with Crippen molar-refractivity contribution < 1.29 is 13.9 Å². The van der Waals surface area contributed by atoms with Crippen LogP contribution in [-0.4, -0.2) is 35.5 Å². The lowest BCUT2D eigenvalue weighted by Gasteiger charge is -2.41. The maximum atomic E-state index is 14.0. The van der Waals surface area contributed by atoms with Gasteiger partial charge < -0.3 is 4.74 Å². The molecule has 9 heteroatoms. The van der Waals surface area contributed by atoms with E-state index in [-0.39, 0.29) is 39.0 Å². The number of amides is 1. The van der Waals surface area contributed by atoms with Crippen molar-refractivity contribution in [2.75, 3.05) is 18.0 Å². The van der Waals surface area contributed by atoms with E-state index in [0.29, 0.717) is 34.1 Å². The number of fused-ring (bicyclic) bond motifs is 1. The molecule has 0 spiro atoms. The predicted molar refractivity (Wildman–Crippen MR) is 159 cm³/mol. The third-order valence-electron chi connectivity index (χ3n) is 7.40. The van der Waals surface area contributed by atoms with Gasteiger partial charge >= 0.3 is 0 Å². The Balaban J connectivity index is 1.62. The van der Waals surface area contributed by atoms with E-state index < -0.39 is 5.82 Å². The number of hydrogen-bond donors (Lipinski definition) is 0. The topological polar surface area (TPSA) is 32.8 Å². The zero-order chi connectivity index (χ0) is 28.1. The molecule has 2 heterocycles. The first-order chi connectivity index (χ1) is 18.4. The average Bonchev–Trinajstić information content (AvgIpc) is 2.84. The Kier molecular flexibility index (Phi) is 8.11. The summed E-state index contributed by atoms with van der Waals surface area (Å²) >= 11 is 25.9. The van der Waals surface area contributed by atoms with Crippen molar-refractivity contribution in [1.82, 2.24) is 4.90 Å². The van der Waals surface area contributed by atoms with Crippen molar-refractivity contribution in [2.45, 2.75) is 58.1 Å². The summed E-state index contributed by atoms with van der Waals surface area (Å²) < 4.78 is 20.5. The molecular formula is C30H29Cl4FN2O2.